The van der Waals surface area contributed by atoms with Gasteiger partial charge in [-0.25, -0.2) is 9.98 Å². The number of hydrogen-bond acceptors (Lipinski definition) is 6. The molecule has 10 heteroatoms. The molecule has 0 unspecified atom stereocenters. The van der Waals surface area contributed by atoms with Crippen LogP contribution in [0.25, 0.3) is 28.0 Å². The maximum Gasteiger partial charge on any atom is 0.266 e. The molecule has 6 aromatic rings. The summed E-state index contributed by atoms with van der Waals surface area (Å²) in [6, 6.07) is 36.7. The van der Waals surface area contributed by atoms with Gasteiger partial charge in [-0.05, 0) is 84.4 Å². The maximum absolute atomic E-state index is 14.0. The average Bonchev–Trinajstić information content (AvgIpc) is 3.44. The Morgan fingerprint density at radius 1 is 0.783 bits per heavy atom. The third-order valence-corrected chi connectivity index (χ3v) is 8.79. The van der Waals surface area contributed by atoms with E-state index in [-0.39, 0.29) is 22.2 Å². The maximum atomic E-state index is 14.0. The van der Waals surface area contributed by atoms with Gasteiger partial charge >= 0.3 is 0 Å². The fourth-order valence-corrected chi connectivity index (χ4v) is 6.35. The first-order chi connectivity index (χ1) is 22.4. The number of rotatable bonds is 6. The molecule has 1 aromatic heterocycles. The molecule has 5 aromatic carbocycles. The number of amidine groups is 1. The van der Waals surface area contributed by atoms with Crippen LogP contribution in [0.5, 0.6) is 0 Å². The standard InChI is InChI=1S/C36H23Cl2N5O2S/c37-25-14-10-23(11-15-25)21-39-26-16-12-24(13-17-26)34-41-31-9-5-4-8-29(31)35(45)43(34)32-19-18-28(20-30(32)38)42-33(44)22-46-36(42)40-27-6-2-1-3-7-27/h1-21H,22H2. The number of thioether (sulfide) groups is 1. The topological polar surface area (TPSA) is 79.9 Å². The minimum absolute atomic E-state index is 0.104. The Bertz CT molecular complexity index is 2220. The van der Waals surface area contributed by atoms with Gasteiger partial charge in [0.15, 0.2) is 5.17 Å². The van der Waals surface area contributed by atoms with Gasteiger partial charge in [0.1, 0.15) is 5.82 Å². The number of aromatic nitrogens is 2. The number of halogens is 2. The summed E-state index contributed by atoms with van der Waals surface area (Å²) < 4.78 is 1.51. The van der Waals surface area contributed by atoms with Crippen LogP contribution in [0.1, 0.15) is 5.56 Å². The zero-order chi connectivity index (χ0) is 31.6. The zero-order valence-corrected chi connectivity index (χ0v) is 26.4. The van der Waals surface area contributed by atoms with Gasteiger partial charge < -0.3 is 0 Å². The van der Waals surface area contributed by atoms with Gasteiger partial charge in [-0.2, -0.15) is 0 Å². The molecule has 7 nitrogen and oxygen atoms in total. The predicted molar refractivity (Wildman–Crippen MR) is 190 cm³/mol. The summed E-state index contributed by atoms with van der Waals surface area (Å²) in [5.74, 6) is 0.585. The van der Waals surface area contributed by atoms with Crippen LogP contribution in [-0.2, 0) is 4.79 Å². The number of amides is 1. The van der Waals surface area contributed by atoms with Crippen molar-refractivity contribution in [1.29, 1.82) is 0 Å². The number of anilines is 1. The number of aliphatic imine (C=N–C) groups is 2. The van der Waals surface area contributed by atoms with Crippen LogP contribution in [0.15, 0.2) is 136 Å². The number of hydrogen-bond donors (Lipinski definition) is 0. The summed E-state index contributed by atoms with van der Waals surface area (Å²) in [7, 11) is 0. The first kappa shape index (κ1) is 29.7. The van der Waals surface area contributed by atoms with Crippen LogP contribution in [0.2, 0.25) is 10.0 Å². The number of carbonyl (C=O) groups excluding carboxylic acids is 1. The van der Waals surface area contributed by atoms with Gasteiger partial charge in [0.2, 0.25) is 5.91 Å². The second-order valence-electron chi connectivity index (χ2n) is 10.3. The highest BCUT2D eigenvalue weighted by Gasteiger charge is 2.30. The molecule has 224 valence electrons. The van der Waals surface area contributed by atoms with Gasteiger partial charge in [0.25, 0.3) is 5.56 Å². The van der Waals surface area contributed by atoms with Crippen LogP contribution in [-0.4, -0.2) is 32.6 Å². The minimum Gasteiger partial charge on any atom is -0.273 e. The van der Waals surface area contributed by atoms with Crippen LogP contribution in [0.3, 0.4) is 0 Å². The average molecular weight is 661 g/mol. The summed E-state index contributed by atoms with van der Waals surface area (Å²) in [4.78, 5) is 42.7. The molecule has 0 radical (unpaired) electrons. The van der Waals surface area contributed by atoms with Crippen LogP contribution >= 0.6 is 35.0 Å². The van der Waals surface area contributed by atoms with E-state index in [0.717, 1.165) is 16.9 Å². The van der Waals surface area contributed by atoms with Crippen molar-refractivity contribution in [3.05, 3.63) is 147 Å². The Kier molecular flexibility index (Phi) is 8.24. The number of nitrogens with zero attached hydrogens (tertiary/aromatic N) is 5. The molecule has 2 heterocycles. The van der Waals surface area contributed by atoms with Crippen LogP contribution in [0.4, 0.5) is 17.1 Å². The van der Waals surface area contributed by atoms with E-state index in [1.54, 1.807) is 41.4 Å². The zero-order valence-electron chi connectivity index (χ0n) is 24.0. The molecule has 1 fully saturated rings. The Hall–Kier alpha value is -5.02. The molecule has 46 heavy (non-hydrogen) atoms. The van der Waals surface area contributed by atoms with E-state index in [9.17, 15) is 9.59 Å². The van der Waals surface area contributed by atoms with Crippen molar-refractivity contribution < 1.29 is 4.79 Å². The largest absolute Gasteiger partial charge is 0.273 e. The molecule has 0 aliphatic carbocycles. The first-order valence-corrected chi connectivity index (χ1v) is 16.0. The van der Waals surface area contributed by atoms with E-state index >= 15 is 0 Å². The quantitative estimate of drug-likeness (QED) is 0.167. The van der Waals surface area contributed by atoms with Gasteiger partial charge in [0, 0.05) is 16.8 Å². The van der Waals surface area contributed by atoms with Crippen molar-refractivity contribution in [3.8, 4) is 17.1 Å². The van der Waals surface area contributed by atoms with Crippen molar-refractivity contribution in [2.45, 2.75) is 0 Å². The van der Waals surface area contributed by atoms with E-state index in [0.29, 0.717) is 43.9 Å². The summed E-state index contributed by atoms with van der Waals surface area (Å²) in [5, 5.41) is 1.96. The smallest absolute Gasteiger partial charge is 0.266 e. The molecular weight excluding hydrogens is 637 g/mol. The summed E-state index contributed by atoms with van der Waals surface area (Å²) in [6.07, 6.45) is 1.76. The van der Waals surface area contributed by atoms with Gasteiger partial charge in [-0.1, -0.05) is 77.4 Å². The van der Waals surface area contributed by atoms with Gasteiger partial charge in [-0.3, -0.25) is 24.0 Å². The molecule has 1 aliphatic heterocycles. The Labute approximate surface area is 278 Å². The SMILES string of the molecule is O=C1CSC(=Nc2ccccc2)N1c1ccc(-n2c(-c3ccc(N=Cc4ccc(Cl)cc4)cc3)nc3ccccc3c2=O)c(Cl)c1. The Morgan fingerprint density at radius 2 is 1.52 bits per heavy atom. The Morgan fingerprint density at radius 3 is 2.28 bits per heavy atom. The lowest BCUT2D eigenvalue weighted by Gasteiger charge is -2.19. The van der Waals surface area contributed by atoms with E-state index in [4.69, 9.17) is 28.2 Å². The lowest BCUT2D eigenvalue weighted by atomic mass is 10.1. The van der Waals surface area contributed by atoms with Crippen molar-refractivity contribution in [1.82, 2.24) is 9.55 Å². The number of para-hydroxylation sites is 2. The number of benzene rings is 5. The minimum atomic E-state index is -0.265. The third-order valence-electron chi connectivity index (χ3n) is 7.31. The Balaban J connectivity index is 1.28. The highest BCUT2D eigenvalue weighted by atomic mass is 35.5. The van der Waals surface area contributed by atoms with E-state index < -0.39 is 0 Å². The molecule has 1 aliphatic rings. The molecule has 1 amide bonds. The highest BCUT2D eigenvalue weighted by molar-refractivity contribution is 8.15. The van der Waals surface area contributed by atoms with E-state index in [1.807, 2.05) is 91.0 Å². The summed E-state index contributed by atoms with van der Waals surface area (Å²) in [5.41, 5.74) is 4.40. The fraction of sp³-hybridized carbons (Fsp3) is 0.0278. The number of carbonyl (C=O) groups is 1. The third kappa shape index (κ3) is 5.98. The predicted octanol–water partition coefficient (Wildman–Crippen LogP) is 8.88. The second-order valence-corrected chi connectivity index (χ2v) is 12.1. The van der Waals surface area contributed by atoms with Crippen molar-refractivity contribution in [2.24, 2.45) is 9.98 Å². The van der Waals surface area contributed by atoms with Crippen molar-refractivity contribution in [3.63, 3.8) is 0 Å². The van der Waals surface area contributed by atoms with E-state index in [2.05, 4.69) is 9.98 Å². The first-order valence-electron chi connectivity index (χ1n) is 14.3. The van der Waals surface area contributed by atoms with Crippen LogP contribution in [0, 0.1) is 0 Å². The fourth-order valence-electron chi connectivity index (χ4n) is 5.07. The lowest BCUT2D eigenvalue weighted by molar-refractivity contribution is -0.115. The summed E-state index contributed by atoms with van der Waals surface area (Å²) >= 11 is 14.3. The molecule has 0 bridgehead atoms. The molecule has 1 saturated heterocycles. The lowest BCUT2D eigenvalue weighted by Crippen LogP contribution is -2.29. The molecule has 0 spiro atoms. The molecule has 7 rings (SSSR count). The molecular formula is C36H23Cl2N5O2S. The van der Waals surface area contributed by atoms with E-state index in [1.165, 1.54) is 16.3 Å². The van der Waals surface area contributed by atoms with Crippen molar-refractivity contribution >= 4 is 80.2 Å². The summed E-state index contributed by atoms with van der Waals surface area (Å²) in [6.45, 7) is 0. The normalized spacial score (nSPS) is 14.2. The molecule has 0 N–H and O–H groups in total. The monoisotopic (exact) mass is 659 g/mol. The second kappa shape index (κ2) is 12.8. The molecule has 0 saturated carbocycles. The van der Waals surface area contributed by atoms with Crippen LogP contribution < -0.4 is 10.5 Å². The molecule has 0 atom stereocenters. The van der Waals surface area contributed by atoms with Gasteiger partial charge in [0.05, 0.1) is 44.4 Å². The van der Waals surface area contributed by atoms with Crippen molar-refractivity contribution in [2.75, 3.05) is 10.7 Å². The highest BCUT2D eigenvalue weighted by Crippen LogP contribution is 2.34. The number of fused-ring (bicyclic) bond motifs is 1. The van der Waals surface area contributed by atoms with Gasteiger partial charge in [-0.15, -0.1) is 0 Å².